The largest absolute Gasteiger partial charge is 0.352 e. The van der Waals surface area contributed by atoms with E-state index in [-0.39, 0.29) is 16.7 Å². The molecule has 1 amide bonds. The first-order chi connectivity index (χ1) is 10.5. The lowest BCUT2D eigenvalue weighted by Gasteiger charge is -2.28. The standard InChI is InChI=1S/C15H19ClN2O3S/c16-14-9-12(18-7-1-2-8-22(18,20)21)5-6-13(14)15(19)17-10-11-3-4-11/h5-6,9,11H,1-4,7-8,10H2,(H,17,19). The topological polar surface area (TPSA) is 66.5 Å². The van der Waals surface area contributed by atoms with E-state index in [1.807, 2.05) is 0 Å². The molecule has 0 unspecified atom stereocenters. The van der Waals surface area contributed by atoms with Crippen LogP contribution in [0.25, 0.3) is 0 Å². The van der Waals surface area contributed by atoms with Crippen LogP contribution in [0.2, 0.25) is 5.02 Å². The molecule has 5 nitrogen and oxygen atoms in total. The minimum Gasteiger partial charge on any atom is -0.352 e. The first kappa shape index (κ1) is 15.6. The summed E-state index contributed by atoms with van der Waals surface area (Å²) in [4.78, 5) is 12.1. The predicted octanol–water partition coefficient (Wildman–Crippen LogP) is 2.41. The quantitative estimate of drug-likeness (QED) is 0.913. The molecule has 1 aromatic carbocycles. The molecule has 1 aliphatic heterocycles. The summed E-state index contributed by atoms with van der Waals surface area (Å²) in [7, 11) is -3.27. The average molecular weight is 343 g/mol. The Kier molecular flexibility index (Phi) is 4.32. The minimum absolute atomic E-state index is 0.161. The number of hydrogen-bond donors (Lipinski definition) is 1. The monoisotopic (exact) mass is 342 g/mol. The molecular formula is C15H19ClN2O3S. The zero-order valence-electron chi connectivity index (χ0n) is 12.2. The lowest BCUT2D eigenvalue weighted by atomic mass is 10.2. The van der Waals surface area contributed by atoms with Crippen molar-refractivity contribution in [3.8, 4) is 0 Å². The maximum Gasteiger partial charge on any atom is 0.252 e. The number of anilines is 1. The van der Waals surface area contributed by atoms with Gasteiger partial charge in [-0.2, -0.15) is 0 Å². The zero-order valence-corrected chi connectivity index (χ0v) is 13.8. The number of rotatable bonds is 4. The van der Waals surface area contributed by atoms with Crippen molar-refractivity contribution in [1.29, 1.82) is 0 Å². The van der Waals surface area contributed by atoms with Gasteiger partial charge in [-0.1, -0.05) is 11.6 Å². The van der Waals surface area contributed by atoms with Gasteiger partial charge >= 0.3 is 0 Å². The summed E-state index contributed by atoms with van der Waals surface area (Å²) in [6.07, 6.45) is 3.86. The number of nitrogens with one attached hydrogen (secondary N) is 1. The van der Waals surface area contributed by atoms with Gasteiger partial charge in [-0.15, -0.1) is 0 Å². The SMILES string of the molecule is O=C(NCC1CC1)c1ccc(N2CCCCS2(=O)=O)cc1Cl. The highest BCUT2D eigenvalue weighted by Gasteiger charge is 2.27. The summed E-state index contributed by atoms with van der Waals surface area (Å²) < 4.78 is 25.6. The molecule has 1 saturated carbocycles. The van der Waals surface area contributed by atoms with E-state index in [0.29, 0.717) is 36.7 Å². The molecule has 3 rings (SSSR count). The molecule has 0 radical (unpaired) electrons. The highest BCUT2D eigenvalue weighted by Crippen LogP contribution is 2.29. The molecule has 1 heterocycles. The van der Waals surface area contributed by atoms with Crippen molar-refractivity contribution in [2.45, 2.75) is 25.7 Å². The summed E-state index contributed by atoms with van der Waals surface area (Å²) in [6, 6.07) is 4.82. The summed E-state index contributed by atoms with van der Waals surface area (Å²) in [5.41, 5.74) is 0.920. The van der Waals surface area contributed by atoms with E-state index in [9.17, 15) is 13.2 Å². The van der Waals surface area contributed by atoms with Gasteiger partial charge in [0.25, 0.3) is 5.91 Å². The highest BCUT2D eigenvalue weighted by molar-refractivity contribution is 7.92. The molecule has 1 aromatic rings. The molecule has 0 atom stereocenters. The first-order valence-corrected chi connectivity index (χ1v) is 9.54. The third kappa shape index (κ3) is 3.38. The van der Waals surface area contributed by atoms with Crippen LogP contribution in [0.4, 0.5) is 5.69 Å². The van der Waals surface area contributed by atoms with Crippen LogP contribution >= 0.6 is 11.6 Å². The van der Waals surface area contributed by atoms with E-state index in [2.05, 4.69) is 5.32 Å². The van der Waals surface area contributed by atoms with Gasteiger partial charge in [0.2, 0.25) is 10.0 Å². The maximum atomic E-state index is 12.1. The summed E-state index contributed by atoms with van der Waals surface area (Å²) in [5, 5.41) is 3.15. The fourth-order valence-electron chi connectivity index (χ4n) is 2.58. The van der Waals surface area contributed by atoms with Crippen LogP contribution in [0, 0.1) is 5.92 Å². The Morgan fingerprint density at radius 2 is 2.09 bits per heavy atom. The van der Waals surface area contributed by atoms with Gasteiger partial charge < -0.3 is 5.32 Å². The molecule has 0 aromatic heterocycles. The van der Waals surface area contributed by atoms with Gasteiger partial charge in [0.15, 0.2) is 0 Å². The van der Waals surface area contributed by atoms with E-state index in [1.54, 1.807) is 18.2 Å². The Hall–Kier alpha value is -1.27. The smallest absolute Gasteiger partial charge is 0.252 e. The normalized spacial score (nSPS) is 20.7. The number of nitrogens with zero attached hydrogens (tertiary/aromatic N) is 1. The molecule has 2 aliphatic rings. The van der Waals surface area contributed by atoms with E-state index in [4.69, 9.17) is 11.6 Å². The zero-order chi connectivity index (χ0) is 15.7. The van der Waals surface area contributed by atoms with Gasteiger partial charge in [-0.25, -0.2) is 8.42 Å². The third-order valence-electron chi connectivity index (χ3n) is 4.08. The van der Waals surface area contributed by atoms with Crippen molar-refractivity contribution in [1.82, 2.24) is 5.32 Å². The molecule has 7 heteroatoms. The number of hydrogen-bond acceptors (Lipinski definition) is 3. The lowest BCUT2D eigenvalue weighted by Crippen LogP contribution is -2.37. The van der Waals surface area contributed by atoms with Gasteiger partial charge in [-0.05, 0) is 49.8 Å². The van der Waals surface area contributed by atoms with Crippen LogP contribution in [-0.2, 0) is 10.0 Å². The van der Waals surface area contributed by atoms with Crippen LogP contribution in [0.1, 0.15) is 36.0 Å². The molecular weight excluding hydrogens is 324 g/mol. The molecule has 1 saturated heterocycles. The second-order valence-electron chi connectivity index (χ2n) is 5.91. The number of carbonyl (C=O) groups is 1. The van der Waals surface area contributed by atoms with E-state index in [1.165, 1.54) is 17.1 Å². The van der Waals surface area contributed by atoms with E-state index >= 15 is 0 Å². The van der Waals surface area contributed by atoms with Crippen LogP contribution in [0.3, 0.4) is 0 Å². The summed E-state index contributed by atoms with van der Waals surface area (Å²) in [5.74, 6) is 0.555. The lowest BCUT2D eigenvalue weighted by molar-refractivity contribution is 0.0952. The summed E-state index contributed by atoms with van der Waals surface area (Å²) in [6.45, 7) is 1.14. The third-order valence-corrected chi connectivity index (χ3v) is 6.27. The second kappa shape index (κ2) is 6.08. The number of amides is 1. The Morgan fingerprint density at radius 3 is 2.73 bits per heavy atom. The van der Waals surface area contributed by atoms with Gasteiger partial charge in [0, 0.05) is 13.1 Å². The van der Waals surface area contributed by atoms with Crippen molar-refractivity contribution in [3.63, 3.8) is 0 Å². The number of benzene rings is 1. The molecule has 22 heavy (non-hydrogen) atoms. The molecule has 0 spiro atoms. The number of carbonyl (C=O) groups excluding carboxylic acids is 1. The molecule has 0 bridgehead atoms. The molecule has 1 aliphatic carbocycles. The number of halogens is 1. The van der Waals surface area contributed by atoms with Crippen molar-refractivity contribution < 1.29 is 13.2 Å². The fourth-order valence-corrected chi connectivity index (χ4v) is 4.47. The Morgan fingerprint density at radius 1 is 1.32 bits per heavy atom. The van der Waals surface area contributed by atoms with Crippen molar-refractivity contribution in [2.75, 3.05) is 23.1 Å². The van der Waals surface area contributed by atoms with Crippen molar-refractivity contribution >= 4 is 33.2 Å². The van der Waals surface area contributed by atoms with E-state index < -0.39 is 10.0 Å². The van der Waals surface area contributed by atoms with Crippen molar-refractivity contribution in [2.24, 2.45) is 5.92 Å². The van der Waals surface area contributed by atoms with Crippen LogP contribution in [0.5, 0.6) is 0 Å². The Bertz CT molecular complexity index is 686. The van der Waals surface area contributed by atoms with Crippen molar-refractivity contribution in [3.05, 3.63) is 28.8 Å². The van der Waals surface area contributed by atoms with Gasteiger partial charge in [-0.3, -0.25) is 9.10 Å². The van der Waals surface area contributed by atoms with Crippen LogP contribution in [-0.4, -0.2) is 33.2 Å². The fraction of sp³-hybridized carbons (Fsp3) is 0.533. The molecule has 1 N–H and O–H groups in total. The van der Waals surface area contributed by atoms with Crippen LogP contribution < -0.4 is 9.62 Å². The minimum atomic E-state index is -3.27. The molecule has 2 fully saturated rings. The highest BCUT2D eigenvalue weighted by atomic mass is 35.5. The second-order valence-corrected chi connectivity index (χ2v) is 8.33. The van der Waals surface area contributed by atoms with E-state index in [0.717, 1.165) is 6.42 Å². The Balaban J connectivity index is 1.77. The predicted molar refractivity (Wildman–Crippen MR) is 86.9 cm³/mol. The number of sulfonamides is 1. The summed E-state index contributed by atoms with van der Waals surface area (Å²) >= 11 is 6.19. The Labute approximate surface area is 135 Å². The average Bonchev–Trinajstić information content (AvgIpc) is 3.28. The van der Waals surface area contributed by atoms with Gasteiger partial charge in [0.1, 0.15) is 0 Å². The van der Waals surface area contributed by atoms with Gasteiger partial charge in [0.05, 0.1) is 22.0 Å². The van der Waals surface area contributed by atoms with Crippen LogP contribution in [0.15, 0.2) is 18.2 Å². The first-order valence-electron chi connectivity index (χ1n) is 7.55. The molecule has 120 valence electrons. The maximum absolute atomic E-state index is 12.1.